The molecule has 5 nitrogen and oxygen atoms in total. The molecule has 162 valence electrons. The number of hydrogen-bond donors (Lipinski definition) is 0. The Morgan fingerprint density at radius 1 is 0.545 bits per heavy atom. The van der Waals surface area contributed by atoms with Crippen molar-refractivity contribution in [3.63, 3.8) is 0 Å². The van der Waals surface area contributed by atoms with Crippen molar-refractivity contribution in [1.29, 1.82) is 0 Å². The fraction of sp³-hybridized carbons (Fsp3) is 0.0385. The van der Waals surface area contributed by atoms with Gasteiger partial charge in [0.05, 0.1) is 0 Å². The van der Waals surface area contributed by atoms with Crippen molar-refractivity contribution in [2.24, 2.45) is 0 Å². The van der Waals surface area contributed by atoms with E-state index in [4.69, 9.17) is 23.3 Å². The zero-order chi connectivity index (χ0) is 24.9. The first kappa shape index (κ1) is 34.7. The second-order valence-electron chi connectivity index (χ2n) is 5.65. The summed E-state index contributed by atoms with van der Waals surface area (Å²) in [7, 11) is 0.731. The van der Waals surface area contributed by atoms with E-state index in [2.05, 4.69) is 119 Å². The Balaban J connectivity index is -0.000000730. The van der Waals surface area contributed by atoms with Gasteiger partial charge in [0.15, 0.2) is 0 Å². The summed E-state index contributed by atoms with van der Waals surface area (Å²) in [5.74, 6) is 0. The SMILES string of the molecule is Cc1ccc(-c2c(-c3ccccc3)[pH]c3ccccc23)cc1.[C-]#[O+].[C-]#[O+].[C-]#[O+].[C-]#[O+].[C-]#[O+].[W]. The van der Waals surface area contributed by atoms with Crippen LogP contribution in [0.25, 0.3) is 32.5 Å². The van der Waals surface area contributed by atoms with Crippen LogP contribution >= 0.6 is 8.19 Å². The third-order valence-electron chi connectivity index (χ3n) is 4.11. The van der Waals surface area contributed by atoms with Gasteiger partial charge in [-0.2, -0.15) is 0 Å². The molecule has 1 heterocycles. The fourth-order valence-corrected chi connectivity index (χ4v) is 4.49. The zero-order valence-corrected chi connectivity index (χ0v) is 21.4. The minimum absolute atomic E-state index is 0. The molecule has 33 heavy (non-hydrogen) atoms. The predicted molar refractivity (Wildman–Crippen MR) is 119 cm³/mol. The van der Waals surface area contributed by atoms with E-state index < -0.39 is 0 Å². The molecule has 0 bridgehead atoms. The van der Waals surface area contributed by atoms with Crippen molar-refractivity contribution >= 4 is 18.7 Å². The Labute approximate surface area is 209 Å². The molecule has 0 saturated heterocycles. The first-order chi connectivity index (χ1) is 15.8. The summed E-state index contributed by atoms with van der Waals surface area (Å²) in [5.41, 5.74) is 5.37. The van der Waals surface area contributed by atoms with Crippen molar-refractivity contribution in [2.75, 3.05) is 0 Å². The largest absolute Gasteiger partial charge is 0 e. The first-order valence-corrected chi connectivity index (χ1v) is 9.58. The normalized spacial score (nSPS) is 7.85. The van der Waals surface area contributed by atoms with E-state index in [1.54, 1.807) is 0 Å². The zero-order valence-electron chi connectivity index (χ0n) is 17.5. The van der Waals surface area contributed by atoms with E-state index >= 15 is 0 Å². The molecule has 1 atom stereocenters. The molecule has 1 aromatic heterocycles. The van der Waals surface area contributed by atoms with Crippen LogP contribution in [-0.2, 0) is 44.3 Å². The van der Waals surface area contributed by atoms with E-state index in [-0.39, 0.29) is 21.1 Å². The minimum atomic E-state index is 0. The Morgan fingerprint density at radius 2 is 1.00 bits per heavy atom. The van der Waals surface area contributed by atoms with Crippen LogP contribution in [0.1, 0.15) is 5.56 Å². The quantitative estimate of drug-likeness (QED) is 0.184. The molecule has 1 unspecified atom stereocenters. The maximum atomic E-state index is 7.50. The topological polar surface area (TPSA) is 99.5 Å². The van der Waals surface area contributed by atoms with Crippen LogP contribution < -0.4 is 0 Å². The van der Waals surface area contributed by atoms with Gasteiger partial charge < -0.3 is 0 Å². The fourth-order valence-electron chi connectivity index (χ4n) is 2.98. The van der Waals surface area contributed by atoms with Crippen LogP contribution in [0.5, 0.6) is 0 Å². The smallest absolute Gasteiger partial charge is 0 e. The van der Waals surface area contributed by atoms with E-state index in [0.29, 0.717) is 0 Å². The number of aryl methyl sites for hydroxylation is 1. The van der Waals surface area contributed by atoms with E-state index in [9.17, 15) is 0 Å². The van der Waals surface area contributed by atoms with Gasteiger partial charge in [0.25, 0.3) is 0 Å². The molecule has 0 aliphatic heterocycles. The van der Waals surface area contributed by atoms with Gasteiger partial charge in [0, 0.05) is 31.9 Å². The van der Waals surface area contributed by atoms with Crippen molar-refractivity contribution in [2.45, 2.75) is 6.92 Å². The molecule has 0 aliphatic carbocycles. The van der Waals surface area contributed by atoms with Crippen LogP contribution in [0.2, 0.25) is 0 Å². The summed E-state index contributed by atoms with van der Waals surface area (Å²) in [6.07, 6.45) is 0. The van der Waals surface area contributed by atoms with Crippen LogP contribution in [-0.4, -0.2) is 0 Å². The van der Waals surface area contributed by atoms with Gasteiger partial charge in [0.2, 0.25) is 0 Å². The second-order valence-corrected chi connectivity index (χ2v) is 6.94. The van der Waals surface area contributed by atoms with E-state index in [0.717, 1.165) is 8.19 Å². The van der Waals surface area contributed by atoms with Crippen molar-refractivity contribution in [1.82, 2.24) is 0 Å². The minimum Gasteiger partial charge on any atom is 0 e. The van der Waals surface area contributed by atoms with Crippen molar-refractivity contribution in [3.05, 3.63) is 118 Å². The third kappa shape index (κ3) is 10.0. The molecule has 0 radical (unpaired) electrons. The van der Waals surface area contributed by atoms with Crippen molar-refractivity contribution in [3.8, 4) is 22.0 Å². The molecular formula is C26H17O5PW. The van der Waals surface area contributed by atoms with Gasteiger partial charge in [-0.3, -0.25) is 0 Å². The third-order valence-corrected chi connectivity index (χ3v) is 5.60. The summed E-state index contributed by atoms with van der Waals surface area (Å²) in [5, 5.41) is 4.31. The van der Waals surface area contributed by atoms with E-state index in [1.165, 1.54) is 38.1 Å². The molecule has 7 heteroatoms. The number of hydrogen-bond acceptors (Lipinski definition) is 0. The maximum Gasteiger partial charge on any atom is 0 e. The van der Waals surface area contributed by atoms with E-state index in [1.807, 2.05) is 0 Å². The Bertz CT molecular complexity index is 1120. The summed E-state index contributed by atoms with van der Waals surface area (Å²) < 4.78 is 37.5. The first-order valence-electron chi connectivity index (χ1n) is 8.58. The van der Waals surface area contributed by atoms with Gasteiger partial charge in [-0.05, 0) is 28.6 Å². The summed E-state index contributed by atoms with van der Waals surface area (Å²) in [6.45, 7) is 24.6. The molecule has 0 amide bonds. The van der Waals surface area contributed by atoms with Gasteiger partial charge in [-0.1, -0.05) is 84.4 Å². The van der Waals surface area contributed by atoms with Crippen LogP contribution in [0.3, 0.4) is 0 Å². The second kappa shape index (κ2) is 22.3. The molecule has 0 fully saturated rings. The number of benzene rings is 3. The Hall–Kier alpha value is -2.91. The number of fused-ring (bicyclic) bond motifs is 1. The molecule has 0 aliphatic rings. The molecule has 0 saturated carbocycles. The molecule has 4 aromatic rings. The van der Waals surface area contributed by atoms with Gasteiger partial charge in [-0.15, -0.1) is 8.19 Å². The van der Waals surface area contributed by atoms with Crippen molar-refractivity contribution < 1.29 is 44.3 Å². The summed E-state index contributed by atoms with van der Waals surface area (Å²) in [4.78, 5) is 0. The summed E-state index contributed by atoms with van der Waals surface area (Å²) in [6, 6.07) is 28.5. The van der Waals surface area contributed by atoms with Gasteiger partial charge in [0.1, 0.15) is 0 Å². The average Bonchev–Trinajstić information content (AvgIpc) is 3.31. The predicted octanol–water partition coefficient (Wildman–Crippen LogP) is 6.32. The molecule has 0 N–H and O–H groups in total. The molecule has 0 spiro atoms. The standard InChI is InChI=1S/C21H17P.5CO.W/c1-15-11-13-16(14-12-15)20-18-9-5-6-10-19(18)22-21(20)17-7-3-2-4-8-17;5*1-2;/h2-14,22H,1H3;;;;;;. The van der Waals surface area contributed by atoms with Crippen LogP contribution in [0.15, 0.2) is 78.9 Å². The average molecular weight is 624 g/mol. The molecule has 3 aromatic carbocycles. The Morgan fingerprint density at radius 3 is 1.52 bits per heavy atom. The van der Waals surface area contributed by atoms with Gasteiger partial charge >= 0.3 is 56.5 Å². The number of rotatable bonds is 2. The van der Waals surface area contributed by atoms with Crippen LogP contribution in [0, 0.1) is 40.2 Å². The molecular weight excluding hydrogens is 607 g/mol. The Kier molecular flexibility index (Phi) is 23.4. The maximum absolute atomic E-state index is 7.50. The molecule has 4 rings (SSSR count). The summed E-state index contributed by atoms with van der Waals surface area (Å²) >= 11 is 0. The monoisotopic (exact) mass is 624 g/mol. The van der Waals surface area contributed by atoms with Crippen LogP contribution in [0.4, 0.5) is 0 Å². The van der Waals surface area contributed by atoms with Gasteiger partial charge in [-0.25, -0.2) is 0 Å².